The van der Waals surface area contributed by atoms with Crippen LogP contribution in [0.4, 0.5) is 0 Å². The van der Waals surface area contributed by atoms with Gasteiger partial charge in [0.25, 0.3) is 0 Å². The number of aliphatic hydroxyl groups is 2. The first-order valence-corrected chi connectivity index (χ1v) is 46.9. The number of likely N-dealkylation sites (N-methyl/N-ethyl adjacent to an activating group) is 2. The number of phenolic OH excluding ortho intramolecular Hbond substituents is 1. The van der Waals surface area contributed by atoms with Crippen molar-refractivity contribution in [2.24, 2.45) is 23.1 Å². The highest BCUT2D eigenvalue weighted by atomic mass is 32.2. The van der Waals surface area contributed by atoms with Crippen molar-refractivity contribution in [1.82, 2.24) is 103 Å². The lowest BCUT2D eigenvalue weighted by Crippen LogP contribution is -2.65. The summed E-state index contributed by atoms with van der Waals surface area (Å²) < 4.78 is 0. The fourth-order valence-electron chi connectivity index (χ4n) is 17.3. The van der Waals surface area contributed by atoms with Crippen molar-refractivity contribution >= 4 is 134 Å². The highest BCUT2D eigenvalue weighted by Crippen LogP contribution is 2.28. The standard InChI is InChI=1S/C91H127N23O20S/c1-7-9-22-70-83(126)102-61(21-15-29-92)79(122)109-69(78(121)99-44-76(94)119)47-135-48-77(120)101-65(34-51-25-27-55(116)28-26-51)88(131)113-32-30-95-43-74(113)86(129)107-67(39-75(93)118)89(132)112-31-16-24-71(112)84(127)104-63(37-54-42-96-49-100-54)81(124)105-64(33-50(3)4)90(133)114-45-56(117)38-73(114)85(128)103-62(35-52-40-97-59-19-13-11-17-57(52)59)80(123)108-68(46-115)82(125)106-66(36-53-41-98-60-20-14-12-18-58(53)60)87(130)111(6)72(23-10-8-2)91(134)110(70)5/h11-14,17-20,25-28,40-42,49-50,56,61-74,95,97-98,115-117H,7-10,15-16,21-24,29-39,43-48,92H2,1-6H3,(H2,93,118)(H2,94,119)(H,96,100)(H,99,121)(H,101,120)(H,102,126)(H,103,128)(H,104,127)(H,105,124)(H,106,125)(H,107,129)(H,108,123)(H,109,122)/t56-,61+,62+,63+,64+,65+,66+,67+,68+,69+,70+,71+,72+,73+,74+/m1/s1. The summed E-state index contributed by atoms with van der Waals surface area (Å²) in [4.78, 5) is 271. The predicted molar refractivity (Wildman–Crippen MR) is 495 cm³/mol. The number of nitrogens with one attached hydrogen (secondary N) is 14. The number of nitrogens with two attached hydrogens (primary N) is 3. The Bertz CT molecular complexity index is 5190. The van der Waals surface area contributed by atoms with E-state index in [9.17, 15) is 48.9 Å². The molecule has 0 saturated carbocycles. The maximum atomic E-state index is 15.7. The van der Waals surface area contributed by atoms with Gasteiger partial charge in [-0.3, -0.25) is 81.5 Å². The highest BCUT2D eigenvalue weighted by molar-refractivity contribution is 8.00. The summed E-state index contributed by atoms with van der Waals surface area (Å²) in [6.45, 7) is 4.53. The fourth-order valence-corrected chi connectivity index (χ4v) is 18.2. The number of aromatic amines is 3. The van der Waals surface area contributed by atoms with E-state index in [-0.39, 0.29) is 127 Å². The van der Waals surface area contributed by atoms with Crippen LogP contribution in [0.3, 0.4) is 0 Å². The number of hydrogen-bond donors (Lipinski definition) is 20. The monoisotopic (exact) mass is 1890 g/mol. The van der Waals surface area contributed by atoms with Crippen LogP contribution in [0.25, 0.3) is 21.8 Å². The number of phenols is 1. The Labute approximate surface area is 784 Å². The average molecular weight is 1900 g/mol. The second-order valence-electron chi connectivity index (χ2n) is 35.0. The van der Waals surface area contributed by atoms with Gasteiger partial charge in [-0.2, -0.15) is 0 Å². The Kier molecular flexibility index (Phi) is 38.4. The van der Waals surface area contributed by atoms with E-state index in [0.29, 0.717) is 64.2 Å². The Morgan fingerprint density at radius 2 is 1.09 bits per heavy atom. The lowest BCUT2D eigenvalue weighted by molar-refractivity contribution is -0.149. The number of nitrogens with zero attached hydrogens (tertiary/aromatic N) is 6. The molecule has 3 aromatic carbocycles. The number of aliphatic hydroxyl groups excluding tert-OH is 2. The number of unbranched alkanes of at least 4 members (excludes halogenated alkanes) is 2. The lowest BCUT2D eigenvalue weighted by Gasteiger charge is -2.38. The van der Waals surface area contributed by atoms with E-state index in [1.54, 1.807) is 74.8 Å². The molecule has 4 aliphatic heterocycles. The predicted octanol–water partition coefficient (Wildman–Crippen LogP) is -3.50. The van der Waals surface area contributed by atoms with Crippen LogP contribution >= 0.6 is 11.8 Å². The van der Waals surface area contributed by atoms with Gasteiger partial charge in [0.05, 0.1) is 43.5 Å². The molecule has 3 aromatic heterocycles. The van der Waals surface area contributed by atoms with Crippen molar-refractivity contribution in [3.63, 3.8) is 0 Å². The SMILES string of the molecule is CCCC[C@H]1C(=O)N(C)[C@@H](CCCC)C(=O)N[C@@H](CCCN)C(=O)N[C@H](C(=O)NCC(N)=O)CSCC(=O)N[C@@H](Cc2ccc(O)cc2)C(=O)N2CCNC[C@H]2C(=O)N[C@@H](CC(N)=O)C(=O)N2CCC[C@H]2C(=O)N[C@@H](Cc2c[nH]cn2)C(=O)N[C@@H](CC(C)C)C(=O)N2C[C@H](O)C[C@H]2C(=O)N[C@@H](Cc2c[nH]c3ccccc23)C(=O)N[C@@H](CO)C(=O)N[C@@H](Cc2c[nH]c3ccccc23)C(=O)N1C. The smallest absolute Gasteiger partial charge is 0.246 e. The molecule has 0 aliphatic carbocycles. The molecule has 6 aromatic rings. The molecule has 23 N–H and O–H groups in total. The number of aromatic hydroxyl groups is 1. The van der Waals surface area contributed by atoms with Crippen molar-refractivity contribution in [1.29, 1.82) is 0 Å². The van der Waals surface area contributed by atoms with Crippen LogP contribution in [0.1, 0.15) is 134 Å². The minimum atomic E-state index is -1.88. The van der Waals surface area contributed by atoms with Gasteiger partial charge in [0, 0.05) is 125 Å². The summed E-state index contributed by atoms with van der Waals surface area (Å²) in [5.41, 5.74) is 20.2. The van der Waals surface area contributed by atoms with Gasteiger partial charge in [0.15, 0.2) is 0 Å². The number of primary amides is 2. The maximum absolute atomic E-state index is 15.7. The van der Waals surface area contributed by atoms with Gasteiger partial charge in [0.2, 0.25) is 100 Å². The van der Waals surface area contributed by atoms with Gasteiger partial charge in [0.1, 0.15) is 90.3 Å². The largest absolute Gasteiger partial charge is 0.508 e. The number of benzene rings is 3. The Balaban J connectivity index is 1.02. The molecule has 43 nitrogen and oxygen atoms in total. The van der Waals surface area contributed by atoms with Crippen molar-refractivity contribution in [3.05, 3.63) is 120 Å². The molecule has 0 spiro atoms. The number of carbonyl (C=O) groups excluding carboxylic acids is 17. The number of fused-ring (bicyclic) bond motifs is 5. The van der Waals surface area contributed by atoms with Crippen LogP contribution in [-0.4, -0.2) is 329 Å². The molecule has 4 fully saturated rings. The van der Waals surface area contributed by atoms with E-state index in [0.717, 1.165) is 31.4 Å². The summed E-state index contributed by atoms with van der Waals surface area (Å²) in [5, 5.41) is 64.0. The Morgan fingerprint density at radius 1 is 0.548 bits per heavy atom. The zero-order chi connectivity index (χ0) is 97.9. The van der Waals surface area contributed by atoms with Crippen LogP contribution in [0.5, 0.6) is 5.75 Å². The number of rotatable bonds is 25. The second-order valence-corrected chi connectivity index (χ2v) is 36.1. The Morgan fingerprint density at radius 3 is 1.70 bits per heavy atom. The average Bonchev–Trinajstić information content (AvgIpc) is 1.43. The first-order valence-electron chi connectivity index (χ1n) is 45.7. The Hall–Kier alpha value is -13.1. The van der Waals surface area contributed by atoms with Gasteiger partial charge >= 0.3 is 0 Å². The van der Waals surface area contributed by atoms with Gasteiger partial charge in [-0.15, -0.1) is 11.8 Å². The summed E-state index contributed by atoms with van der Waals surface area (Å²) >= 11 is 0.792. The number of thioether (sulfide) groups is 1. The molecule has 10 rings (SSSR count). The molecular formula is C91H127N23O20S. The third-order valence-electron chi connectivity index (χ3n) is 24.5. The number of para-hydroxylation sites is 2. The summed E-state index contributed by atoms with van der Waals surface area (Å²) in [7, 11) is 2.72. The molecule has 732 valence electrons. The van der Waals surface area contributed by atoms with Crippen LogP contribution in [0, 0.1) is 5.92 Å². The van der Waals surface area contributed by atoms with Crippen LogP contribution in [0.15, 0.2) is 97.7 Å². The van der Waals surface area contributed by atoms with E-state index < -0.39 is 229 Å². The number of piperazine rings is 1. The van der Waals surface area contributed by atoms with Crippen molar-refractivity contribution in [2.45, 2.75) is 228 Å². The van der Waals surface area contributed by atoms with E-state index >= 15 is 47.9 Å². The van der Waals surface area contributed by atoms with E-state index in [4.69, 9.17) is 17.2 Å². The summed E-state index contributed by atoms with van der Waals surface area (Å²) in [6.07, 6.45) is 4.11. The molecule has 135 heavy (non-hydrogen) atoms. The molecule has 44 heteroatoms. The van der Waals surface area contributed by atoms with Gasteiger partial charge in [-0.05, 0) is 98.4 Å². The molecule has 0 unspecified atom stereocenters. The zero-order valence-electron chi connectivity index (χ0n) is 76.7. The number of imidazole rings is 1. The molecule has 0 radical (unpaired) electrons. The highest BCUT2D eigenvalue weighted by Gasteiger charge is 2.47. The third kappa shape index (κ3) is 28.3. The van der Waals surface area contributed by atoms with E-state index in [2.05, 4.69) is 78.4 Å². The zero-order valence-corrected chi connectivity index (χ0v) is 77.5. The quantitative estimate of drug-likeness (QED) is 0.0264. The van der Waals surface area contributed by atoms with Gasteiger partial charge < -0.3 is 130 Å². The third-order valence-corrected chi connectivity index (χ3v) is 25.6. The molecule has 4 aliphatic rings. The lowest BCUT2D eigenvalue weighted by atomic mass is 10.00. The van der Waals surface area contributed by atoms with Crippen LogP contribution in [0.2, 0.25) is 0 Å². The van der Waals surface area contributed by atoms with Crippen molar-refractivity contribution in [3.8, 4) is 5.75 Å². The normalized spacial score (nSPS) is 25.3. The van der Waals surface area contributed by atoms with E-state index in [1.165, 1.54) is 55.8 Å². The fraction of sp³-hybridized carbons (Fsp3) is 0.538. The molecule has 7 heterocycles. The maximum Gasteiger partial charge on any atom is 0.246 e. The minimum Gasteiger partial charge on any atom is -0.508 e. The van der Waals surface area contributed by atoms with Gasteiger partial charge in [-0.25, -0.2) is 4.98 Å². The summed E-state index contributed by atoms with van der Waals surface area (Å²) in [6, 6.07) is -1.81. The first kappa shape index (κ1) is 104. The molecule has 4 saturated heterocycles. The molecular weight excluding hydrogens is 1770 g/mol. The summed E-state index contributed by atoms with van der Waals surface area (Å²) in [5.74, 6) is -17.1. The molecule has 0 bridgehead atoms. The number of aromatic nitrogens is 4. The number of amides is 17. The minimum absolute atomic E-state index is 0.00338. The van der Waals surface area contributed by atoms with Crippen LogP contribution < -0.4 is 75.7 Å². The van der Waals surface area contributed by atoms with Crippen molar-refractivity contribution in [2.75, 3.05) is 78.0 Å². The number of H-pyrrole nitrogens is 3. The van der Waals surface area contributed by atoms with Gasteiger partial charge in [-0.1, -0.05) is 102 Å². The van der Waals surface area contributed by atoms with Crippen molar-refractivity contribution < 1.29 is 96.8 Å². The molecule has 17 amide bonds. The topological polar surface area (TPSA) is 638 Å². The molecule has 15 atom stereocenters. The first-order chi connectivity index (χ1) is 64.6. The number of carbonyl (C=O) groups is 17. The number of hydrogen-bond acceptors (Lipinski definition) is 24. The van der Waals surface area contributed by atoms with Crippen LogP contribution in [-0.2, 0) is 107 Å². The van der Waals surface area contributed by atoms with E-state index in [1.807, 2.05) is 13.8 Å². The second kappa shape index (κ2) is 49.8.